The summed E-state index contributed by atoms with van der Waals surface area (Å²) in [6, 6.07) is 0.186. The van der Waals surface area contributed by atoms with E-state index in [9.17, 15) is 4.79 Å². The monoisotopic (exact) mass is 269 g/mol. The first-order valence-electron chi connectivity index (χ1n) is 7.75. The van der Waals surface area contributed by atoms with E-state index in [1.165, 1.54) is 32.4 Å². The zero-order chi connectivity index (χ0) is 14.3. The predicted octanol–water partition coefficient (Wildman–Crippen LogP) is 1.61. The average Bonchev–Trinajstić information content (AvgIpc) is 2.40. The zero-order valence-corrected chi connectivity index (χ0v) is 13.0. The van der Waals surface area contributed by atoms with Gasteiger partial charge < -0.3 is 15.5 Å². The lowest BCUT2D eigenvalue weighted by molar-refractivity contribution is -0.123. The Kier molecular flexibility index (Phi) is 7.39. The number of carbonyl (C=O) groups is 1. The van der Waals surface area contributed by atoms with Gasteiger partial charge >= 0.3 is 0 Å². The summed E-state index contributed by atoms with van der Waals surface area (Å²) < 4.78 is 0. The van der Waals surface area contributed by atoms with Crippen LogP contribution >= 0.6 is 0 Å². The molecule has 0 aliphatic carbocycles. The molecule has 4 heteroatoms. The fourth-order valence-electron chi connectivity index (χ4n) is 2.42. The molecule has 0 bridgehead atoms. The van der Waals surface area contributed by atoms with E-state index in [2.05, 4.69) is 29.5 Å². The fourth-order valence-corrected chi connectivity index (χ4v) is 2.42. The van der Waals surface area contributed by atoms with E-state index in [0.717, 1.165) is 18.9 Å². The maximum atomic E-state index is 11.9. The minimum absolute atomic E-state index is 0.0831. The van der Waals surface area contributed by atoms with Crippen LogP contribution in [0.25, 0.3) is 0 Å². The van der Waals surface area contributed by atoms with Crippen LogP contribution in [0.4, 0.5) is 0 Å². The van der Waals surface area contributed by atoms with E-state index < -0.39 is 0 Å². The largest absolute Gasteiger partial charge is 0.352 e. The molecule has 1 aliphatic heterocycles. The highest BCUT2D eigenvalue weighted by atomic mass is 16.2. The Bertz CT molecular complexity index is 262. The van der Waals surface area contributed by atoms with E-state index in [0.29, 0.717) is 0 Å². The smallest absolute Gasteiger partial charge is 0.237 e. The molecule has 1 heterocycles. The van der Waals surface area contributed by atoms with Crippen molar-refractivity contribution in [1.82, 2.24) is 15.5 Å². The highest BCUT2D eigenvalue weighted by molar-refractivity contribution is 5.81. The van der Waals surface area contributed by atoms with Crippen molar-refractivity contribution in [1.29, 1.82) is 0 Å². The molecule has 2 unspecified atom stereocenters. The number of hydrogen-bond acceptors (Lipinski definition) is 3. The van der Waals surface area contributed by atoms with Gasteiger partial charge in [-0.15, -0.1) is 0 Å². The van der Waals surface area contributed by atoms with Crippen LogP contribution in [0.1, 0.15) is 46.5 Å². The first kappa shape index (κ1) is 16.4. The molecule has 1 fully saturated rings. The minimum atomic E-state index is -0.0831. The summed E-state index contributed by atoms with van der Waals surface area (Å²) in [6.45, 7) is 9.46. The Hall–Kier alpha value is -0.610. The van der Waals surface area contributed by atoms with Gasteiger partial charge in [-0.3, -0.25) is 4.79 Å². The van der Waals surface area contributed by atoms with Crippen LogP contribution in [0.15, 0.2) is 0 Å². The molecule has 0 aromatic rings. The Morgan fingerprint density at radius 2 is 1.95 bits per heavy atom. The van der Waals surface area contributed by atoms with Crippen LogP contribution in [0, 0.1) is 5.92 Å². The molecule has 2 atom stereocenters. The maximum Gasteiger partial charge on any atom is 0.237 e. The van der Waals surface area contributed by atoms with Crippen molar-refractivity contribution in [2.24, 2.45) is 5.92 Å². The van der Waals surface area contributed by atoms with Crippen LogP contribution in [-0.4, -0.2) is 49.6 Å². The molecule has 0 spiro atoms. The summed E-state index contributed by atoms with van der Waals surface area (Å²) in [7, 11) is 2.19. The zero-order valence-electron chi connectivity index (χ0n) is 13.0. The maximum absolute atomic E-state index is 11.9. The lowest BCUT2D eigenvalue weighted by atomic mass is 9.94. The summed E-state index contributed by atoms with van der Waals surface area (Å²) >= 11 is 0. The molecular weight excluding hydrogens is 238 g/mol. The molecule has 4 nitrogen and oxygen atoms in total. The van der Waals surface area contributed by atoms with Gasteiger partial charge in [-0.05, 0) is 72.1 Å². The second-order valence-corrected chi connectivity index (χ2v) is 6.03. The summed E-state index contributed by atoms with van der Waals surface area (Å²) in [6.07, 6.45) is 4.76. The van der Waals surface area contributed by atoms with Gasteiger partial charge in [0.05, 0.1) is 6.04 Å². The van der Waals surface area contributed by atoms with Crippen LogP contribution in [0.5, 0.6) is 0 Å². The van der Waals surface area contributed by atoms with Crippen molar-refractivity contribution in [2.75, 3.05) is 26.7 Å². The second kappa shape index (κ2) is 8.54. The molecule has 1 rings (SSSR count). The molecule has 0 saturated carbocycles. The normalized spacial score (nSPS) is 21.1. The minimum Gasteiger partial charge on any atom is -0.352 e. The second-order valence-electron chi connectivity index (χ2n) is 6.03. The number of rotatable bonds is 7. The first-order chi connectivity index (χ1) is 9.02. The molecule has 1 amide bonds. The lowest BCUT2D eigenvalue weighted by Crippen LogP contribution is -2.45. The van der Waals surface area contributed by atoms with Gasteiger partial charge in [-0.1, -0.05) is 6.92 Å². The first-order valence-corrected chi connectivity index (χ1v) is 7.75. The molecule has 0 aromatic heterocycles. The third-order valence-electron chi connectivity index (χ3n) is 4.24. The van der Waals surface area contributed by atoms with Crippen molar-refractivity contribution in [2.45, 2.75) is 58.5 Å². The number of amides is 1. The number of hydrogen-bond donors (Lipinski definition) is 2. The quantitative estimate of drug-likeness (QED) is 0.738. The van der Waals surface area contributed by atoms with Crippen LogP contribution in [0.3, 0.4) is 0 Å². The summed E-state index contributed by atoms with van der Waals surface area (Å²) in [4.78, 5) is 14.3. The Morgan fingerprint density at radius 3 is 2.53 bits per heavy atom. The van der Waals surface area contributed by atoms with E-state index in [-0.39, 0.29) is 18.0 Å². The third-order valence-corrected chi connectivity index (χ3v) is 4.24. The number of carbonyl (C=O) groups excluding carboxylic acids is 1. The average molecular weight is 269 g/mol. The van der Waals surface area contributed by atoms with Crippen LogP contribution in [-0.2, 0) is 4.79 Å². The van der Waals surface area contributed by atoms with Gasteiger partial charge in [0.15, 0.2) is 0 Å². The molecule has 2 N–H and O–H groups in total. The molecule has 0 aromatic carbocycles. The van der Waals surface area contributed by atoms with Crippen LogP contribution < -0.4 is 10.6 Å². The SMILES string of the molecule is CCC(C)NC(=O)C(C)NCCC1CCN(C)CC1. The third kappa shape index (κ3) is 6.39. The van der Waals surface area contributed by atoms with Gasteiger partial charge in [-0.2, -0.15) is 0 Å². The number of nitrogens with one attached hydrogen (secondary N) is 2. The van der Waals surface area contributed by atoms with Crippen molar-refractivity contribution >= 4 is 5.91 Å². The Labute approximate surface area is 118 Å². The van der Waals surface area contributed by atoms with Crippen molar-refractivity contribution < 1.29 is 4.79 Å². The molecule has 112 valence electrons. The van der Waals surface area contributed by atoms with Crippen LogP contribution in [0.2, 0.25) is 0 Å². The lowest BCUT2D eigenvalue weighted by Gasteiger charge is -2.29. The highest BCUT2D eigenvalue weighted by Gasteiger charge is 2.18. The van der Waals surface area contributed by atoms with Gasteiger partial charge in [0.25, 0.3) is 0 Å². The summed E-state index contributed by atoms with van der Waals surface area (Å²) in [5, 5.41) is 6.36. The Balaban J connectivity index is 2.12. The Morgan fingerprint density at radius 1 is 1.32 bits per heavy atom. The van der Waals surface area contributed by atoms with E-state index >= 15 is 0 Å². The van der Waals surface area contributed by atoms with Gasteiger partial charge in [0.2, 0.25) is 5.91 Å². The standard InChI is InChI=1S/C15H31N3O/c1-5-12(2)17-15(19)13(3)16-9-6-14-7-10-18(4)11-8-14/h12-14,16H,5-11H2,1-4H3,(H,17,19). The number of piperidine rings is 1. The molecular formula is C15H31N3O. The summed E-state index contributed by atoms with van der Waals surface area (Å²) in [5.74, 6) is 0.950. The molecule has 1 saturated heterocycles. The van der Waals surface area contributed by atoms with E-state index in [1.807, 2.05) is 13.8 Å². The van der Waals surface area contributed by atoms with E-state index in [4.69, 9.17) is 0 Å². The van der Waals surface area contributed by atoms with Crippen molar-refractivity contribution in [3.8, 4) is 0 Å². The number of nitrogens with zero attached hydrogens (tertiary/aromatic N) is 1. The topological polar surface area (TPSA) is 44.4 Å². The number of likely N-dealkylation sites (tertiary alicyclic amines) is 1. The molecule has 19 heavy (non-hydrogen) atoms. The summed E-state index contributed by atoms with van der Waals surface area (Å²) in [5.41, 5.74) is 0. The van der Waals surface area contributed by atoms with Gasteiger partial charge in [0, 0.05) is 6.04 Å². The van der Waals surface area contributed by atoms with Gasteiger partial charge in [-0.25, -0.2) is 0 Å². The van der Waals surface area contributed by atoms with Gasteiger partial charge in [0.1, 0.15) is 0 Å². The fraction of sp³-hybridized carbons (Fsp3) is 0.933. The highest BCUT2D eigenvalue weighted by Crippen LogP contribution is 2.18. The van der Waals surface area contributed by atoms with E-state index in [1.54, 1.807) is 0 Å². The molecule has 1 aliphatic rings. The predicted molar refractivity (Wildman–Crippen MR) is 80.2 cm³/mol. The molecule has 0 radical (unpaired) electrons. The van der Waals surface area contributed by atoms with Crippen molar-refractivity contribution in [3.63, 3.8) is 0 Å². The van der Waals surface area contributed by atoms with Crippen molar-refractivity contribution in [3.05, 3.63) is 0 Å².